The number of nitrogens with zero attached hydrogens (tertiary/aromatic N) is 1. The van der Waals surface area contributed by atoms with E-state index in [2.05, 4.69) is 5.32 Å². The van der Waals surface area contributed by atoms with Crippen LogP contribution < -0.4 is 5.32 Å². The first-order chi connectivity index (χ1) is 17.2. The Hall–Kier alpha value is -1.21. The van der Waals surface area contributed by atoms with Crippen LogP contribution in [0.2, 0.25) is 0 Å². The van der Waals surface area contributed by atoms with Crippen molar-refractivity contribution in [2.24, 2.45) is 0 Å². The van der Waals surface area contributed by atoms with Crippen LogP contribution in [0.5, 0.6) is 0 Å². The van der Waals surface area contributed by atoms with E-state index in [1.807, 2.05) is 0 Å². The molecule has 0 bridgehead atoms. The van der Waals surface area contributed by atoms with E-state index in [0.29, 0.717) is 13.2 Å². The Bertz CT molecular complexity index is 647. The molecular weight excluding hydrogens is 488 g/mol. The Kier molecular flexibility index (Phi) is 13.1. The number of carbonyl (C=O) groups excluding carboxylic acids is 1. The summed E-state index contributed by atoms with van der Waals surface area (Å²) in [6.07, 6.45) is -15.9. The normalized spacial score (nSPS) is 37.0. The summed E-state index contributed by atoms with van der Waals surface area (Å²) in [5, 5.41) is 64.0. The molecule has 1 amide bonds. The van der Waals surface area contributed by atoms with Crippen LogP contribution in [0.15, 0.2) is 0 Å². The summed E-state index contributed by atoms with van der Waals surface area (Å²) >= 11 is 0. The molecule has 2 rings (SSSR count). The van der Waals surface area contributed by atoms with Crippen molar-refractivity contribution in [3.05, 3.63) is 0 Å². The van der Waals surface area contributed by atoms with E-state index in [1.165, 1.54) is 11.9 Å². The zero-order valence-electron chi connectivity index (χ0n) is 20.7. The van der Waals surface area contributed by atoms with E-state index in [9.17, 15) is 35.4 Å². The molecule has 2 aliphatic rings. The molecule has 15 nitrogen and oxygen atoms in total. The third-order valence-corrected chi connectivity index (χ3v) is 5.97. The van der Waals surface area contributed by atoms with E-state index >= 15 is 0 Å². The average Bonchev–Trinajstić information content (AvgIpc) is 2.88. The van der Waals surface area contributed by atoms with Gasteiger partial charge >= 0.3 is 6.09 Å². The smallest absolute Gasteiger partial charge is 0.410 e. The van der Waals surface area contributed by atoms with Gasteiger partial charge in [-0.1, -0.05) is 0 Å². The van der Waals surface area contributed by atoms with Gasteiger partial charge in [-0.05, 0) is 14.0 Å². The maximum absolute atomic E-state index is 12.4. The van der Waals surface area contributed by atoms with Crippen molar-refractivity contribution >= 4 is 6.09 Å². The Balaban J connectivity index is 2.20. The molecule has 1 unspecified atom stereocenters. The first kappa shape index (κ1) is 31.0. The number of ether oxygens (including phenoxy) is 6. The largest absolute Gasteiger partial charge is 0.438 e. The SMILES string of the molecule is CCN(C)C(=O)O[C@@H]1[C@@H](O[C@@H]2C(OCCOCCNC)O[C@@H](CO)[C@@H](O)[C@@H]2O)O[C@H](CO)[C@@H](O)[C@@H]1O. The number of rotatable bonds is 13. The number of amides is 1. The van der Waals surface area contributed by atoms with Crippen molar-refractivity contribution in [3.8, 4) is 0 Å². The van der Waals surface area contributed by atoms with Crippen LogP contribution in [0.1, 0.15) is 6.92 Å². The first-order valence-corrected chi connectivity index (χ1v) is 11.9. The summed E-state index contributed by atoms with van der Waals surface area (Å²) in [4.78, 5) is 13.6. The van der Waals surface area contributed by atoms with E-state index in [4.69, 9.17) is 28.4 Å². The van der Waals surface area contributed by atoms with Gasteiger partial charge in [0.05, 0.1) is 33.0 Å². The molecule has 0 aromatic rings. The monoisotopic (exact) mass is 528 g/mol. The number of hydrogen-bond donors (Lipinski definition) is 7. The molecule has 2 fully saturated rings. The standard InChI is InChI=1S/C21H40N2O13/c1-4-23(3)21(30)36-18-16(29)14(27)12(10-25)34-20(18)35-17-15(28)13(26)11(9-24)33-19(17)32-8-7-31-6-5-22-2/h11-20,22,24-29H,4-10H2,1-3H3/t11-,12+,13+,14+,15-,16-,17-,18-,19?,20+/m0/s1. The molecule has 0 radical (unpaired) electrons. The van der Waals surface area contributed by atoms with Gasteiger partial charge in [0.15, 0.2) is 18.7 Å². The lowest BCUT2D eigenvalue weighted by atomic mass is 9.97. The highest BCUT2D eigenvalue weighted by Gasteiger charge is 2.52. The minimum absolute atomic E-state index is 0.00103. The van der Waals surface area contributed by atoms with Crippen LogP contribution in [0.25, 0.3) is 0 Å². The fraction of sp³-hybridized carbons (Fsp3) is 0.952. The summed E-state index contributed by atoms with van der Waals surface area (Å²) in [6, 6.07) is 0. The molecule has 212 valence electrons. The zero-order valence-corrected chi connectivity index (χ0v) is 20.7. The fourth-order valence-electron chi connectivity index (χ4n) is 3.62. The fourth-order valence-corrected chi connectivity index (χ4v) is 3.62. The Morgan fingerprint density at radius 2 is 1.47 bits per heavy atom. The van der Waals surface area contributed by atoms with Gasteiger partial charge in [0, 0.05) is 20.1 Å². The number of aliphatic hydroxyl groups is 6. The average molecular weight is 529 g/mol. The second-order valence-electron chi connectivity index (χ2n) is 8.46. The van der Waals surface area contributed by atoms with Gasteiger partial charge in [-0.25, -0.2) is 4.79 Å². The highest BCUT2D eigenvalue weighted by atomic mass is 16.8. The quantitative estimate of drug-likeness (QED) is 0.114. The summed E-state index contributed by atoms with van der Waals surface area (Å²) in [6.45, 7) is 1.87. The summed E-state index contributed by atoms with van der Waals surface area (Å²) < 4.78 is 33.2. The van der Waals surface area contributed by atoms with Crippen molar-refractivity contribution in [2.75, 3.05) is 60.2 Å². The topological polar surface area (TPSA) is 209 Å². The van der Waals surface area contributed by atoms with Crippen molar-refractivity contribution < 1.29 is 63.9 Å². The number of nitrogens with one attached hydrogen (secondary N) is 1. The van der Waals surface area contributed by atoms with Crippen LogP contribution in [-0.4, -0.2) is 163 Å². The van der Waals surface area contributed by atoms with Gasteiger partial charge < -0.3 is 69.3 Å². The van der Waals surface area contributed by atoms with Crippen LogP contribution in [0.4, 0.5) is 4.79 Å². The predicted molar refractivity (Wildman–Crippen MR) is 120 cm³/mol. The van der Waals surface area contributed by atoms with Crippen LogP contribution >= 0.6 is 0 Å². The molecule has 15 heteroatoms. The maximum atomic E-state index is 12.4. The molecule has 0 aliphatic carbocycles. The third-order valence-electron chi connectivity index (χ3n) is 5.97. The molecule has 36 heavy (non-hydrogen) atoms. The highest BCUT2D eigenvalue weighted by Crippen LogP contribution is 2.31. The summed E-state index contributed by atoms with van der Waals surface area (Å²) in [7, 11) is 3.22. The molecule has 2 heterocycles. The van der Waals surface area contributed by atoms with E-state index in [-0.39, 0.29) is 19.8 Å². The minimum Gasteiger partial charge on any atom is -0.438 e. The van der Waals surface area contributed by atoms with E-state index in [0.717, 1.165) is 0 Å². The molecule has 0 aromatic heterocycles. The molecule has 7 N–H and O–H groups in total. The predicted octanol–water partition coefficient (Wildman–Crippen LogP) is -4.04. The maximum Gasteiger partial charge on any atom is 0.410 e. The van der Waals surface area contributed by atoms with Gasteiger partial charge in [0.2, 0.25) is 0 Å². The van der Waals surface area contributed by atoms with Crippen LogP contribution in [0, 0.1) is 0 Å². The zero-order chi connectivity index (χ0) is 26.8. The lowest BCUT2D eigenvalue weighted by Crippen LogP contribution is -2.65. The summed E-state index contributed by atoms with van der Waals surface area (Å²) in [5.74, 6) is 0. The minimum atomic E-state index is -1.72. The number of likely N-dealkylation sites (N-methyl/N-ethyl adjacent to an activating group) is 1. The van der Waals surface area contributed by atoms with Gasteiger partial charge in [0.1, 0.15) is 42.7 Å². The van der Waals surface area contributed by atoms with Crippen LogP contribution in [-0.2, 0) is 28.4 Å². The van der Waals surface area contributed by atoms with Crippen molar-refractivity contribution in [2.45, 2.75) is 68.3 Å². The van der Waals surface area contributed by atoms with Crippen LogP contribution in [0.3, 0.4) is 0 Å². The molecule has 2 aliphatic heterocycles. The van der Waals surface area contributed by atoms with Crippen molar-refractivity contribution in [3.63, 3.8) is 0 Å². The molecule has 10 atom stereocenters. The Labute approximate surface area is 209 Å². The molecule has 0 aromatic carbocycles. The van der Waals surface area contributed by atoms with Gasteiger partial charge in [-0.15, -0.1) is 0 Å². The number of carbonyl (C=O) groups is 1. The molecular formula is C21H40N2O13. The Morgan fingerprint density at radius 1 is 0.889 bits per heavy atom. The van der Waals surface area contributed by atoms with Crippen molar-refractivity contribution in [1.82, 2.24) is 10.2 Å². The molecule has 0 spiro atoms. The second kappa shape index (κ2) is 15.3. The lowest BCUT2D eigenvalue weighted by molar-refractivity contribution is -0.367. The third kappa shape index (κ3) is 7.89. The van der Waals surface area contributed by atoms with Gasteiger partial charge in [-0.3, -0.25) is 0 Å². The highest BCUT2D eigenvalue weighted by molar-refractivity contribution is 5.67. The first-order valence-electron chi connectivity index (χ1n) is 11.9. The molecule has 0 saturated carbocycles. The molecule has 2 saturated heterocycles. The second-order valence-corrected chi connectivity index (χ2v) is 8.46. The van der Waals surface area contributed by atoms with E-state index < -0.39 is 80.7 Å². The van der Waals surface area contributed by atoms with Gasteiger partial charge in [0.25, 0.3) is 0 Å². The lowest BCUT2D eigenvalue weighted by Gasteiger charge is -2.46. The number of aliphatic hydroxyl groups excluding tert-OH is 6. The number of hydrogen-bond acceptors (Lipinski definition) is 14. The summed E-state index contributed by atoms with van der Waals surface area (Å²) in [5.41, 5.74) is 0. The Morgan fingerprint density at radius 3 is 2.03 bits per heavy atom. The van der Waals surface area contributed by atoms with Gasteiger partial charge in [-0.2, -0.15) is 0 Å². The van der Waals surface area contributed by atoms with Crippen molar-refractivity contribution in [1.29, 1.82) is 0 Å². The van der Waals surface area contributed by atoms with E-state index in [1.54, 1.807) is 14.0 Å².